The Morgan fingerprint density at radius 1 is 1.26 bits per heavy atom. The summed E-state index contributed by atoms with van der Waals surface area (Å²) in [5, 5.41) is 12.5. The molecular formula is C16H27NO2. The number of hydrogen-bond acceptors (Lipinski definition) is 3. The van der Waals surface area contributed by atoms with Gasteiger partial charge in [0.15, 0.2) is 0 Å². The lowest BCUT2D eigenvalue weighted by Crippen LogP contribution is -2.21. The molecule has 0 aliphatic rings. The SMILES string of the molecule is CCOc1ccccc1C(C)NCCCC(C)CO. The van der Waals surface area contributed by atoms with Crippen molar-refractivity contribution in [2.75, 3.05) is 19.8 Å². The summed E-state index contributed by atoms with van der Waals surface area (Å²) >= 11 is 0. The van der Waals surface area contributed by atoms with Crippen LogP contribution in [0, 0.1) is 5.92 Å². The highest BCUT2D eigenvalue weighted by atomic mass is 16.5. The minimum Gasteiger partial charge on any atom is -0.494 e. The Bertz CT molecular complexity index is 354. The van der Waals surface area contributed by atoms with Gasteiger partial charge < -0.3 is 15.2 Å². The highest BCUT2D eigenvalue weighted by molar-refractivity contribution is 5.35. The van der Waals surface area contributed by atoms with Crippen molar-refractivity contribution in [2.45, 2.75) is 39.7 Å². The van der Waals surface area contributed by atoms with Crippen LogP contribution in [0.15, 0.2) is 24.3 Å². The largest absolute Gasteiger partial charge is 0.494 e. The molecule has 0 bridgehead atoms. The third kappa shape index (κ3) is 5.62. The molecule has 0 spiro atoms. The molecule has 0 aliphatic carbocycles. The normalized spacial score (nSPS) is 14.1. The van der Waals surface area contributed by atoms with Crippen LogP contribution in [-0.2, 0) is 0 Å². The van der Waals surface area contributed by atoms with E-state index in [2.05, 4.69) is 25.2 Å². The molecule has 3 nitrogen and oxygen atoms in total. The second-order valence-electron chi connectivity index (χ2n) is 5.08. The van der Waals surface area contributed by atoms with Gasteiger partial charge in [-0.15, -0.1) is 0 Å². The van der Waals surface area contributed by atoms with Crippen LogP contribution in [0.1, 0.15) is 45.2 Å². The summed E-state index contributed by atoms with van der Waals surface area (Å²) in [6, 6.07) is 8.46. The fourth-order valence-corrected chi connectivity index (χ4v) is 2.10. The zero-order chi connectivity index (χ0) is 14.1. The van der Waals surface area contributed by atoms with Gasteiger partial charge in [0.2, 0.25) is 0 Å². The number of aliphatic hydroxyl groups is 1. The van der Waals surface area contributed by atoms with Crippen molar-refractivity contribution in [3.05, 3.63) is 29.8 Å². The van der Waals surface area contributed by atoms with E-state index in [9.17, 15) is 0 Å². The third-order valence-corrected chi connectivity index (χ3v) is 3.32. The first-order valence-electron chi connectivity index (χ1n) is 7.25. The second kappa shape index (κ2) is 8.94. The molecule has 1 rings (SSSR count). The predicted octanol–water partition coefficient (Wildman–Crippen LogP) is 3.14. The van der Waals surface area contributed by atoms with Gasteiger partial charge in [-0.25, -0.2) is 0 Å². The van der Waals surface area contributed by atoms with Gasteiger partial charge in [0.25, 0.3) is 0 Å². The lowest BCUT2D eigenvalue weighted by Gasteiger charge is -2.18. The molecule has 0 heterocycles. The first-order chi connectivity index (χ1) is 9.19. The number of nitrogens with one attached hydrogen (secondary N) is 1. The molecule has 19 heavy (non-hydrogen) atoms. The van der Waals surface area contributed by atoms with Crippen LogP contribution in [0.25, 0.3) is 0 Å². The van der Waals surface area contributed by atoms with Gasteiger partial charge in [-0.1, -0.05) is 25.1 Å². The van der Waals surface area contributed by atoms with Crippen molar-refractivity contribution in [1.82, 2.24) is 5.32 Å². The Morgan fingerprint density at radius 2 is 2.00 bits per heavy atom. The van der Waals surface area contributed by atoms with Crippen molar-refractivity contribution in [1.29, 1.82) is 0 Å². The van der Waals surface area contributed by atoms with E-state index in [1.54, 1.807) is 0 Å². The number of ether oxygens (including phenoxy) is 1. The van der Waals surface area contributed by atoms with Crippen LogP contribution in [0.4, 0.5) is 0 Å². The topological polar surface area (TPSA) is 41.5 Å². The average Bonchev–Trinajstić information content (AvgIpc) is 2.44. The van der Waals surface area contributed by atoms with E-state index >= 15 is 0 Å². The Kier molecular flexibility index (Phi) is 7.53. The maximum absolute atomic E-state index is 8.98. The summed E-state index contributed by atoms with van der Waals surface area (Å²) in [6.07, 6.45) is 2.15. The van der Waals surface area contributed by atoms with E-state index in [4.69, 9.17) is 9.84 Å². The molecule has 0 saturated carbocycles. The first-order valence-corrected chi connectivity index (χ1v) is 7.25. The number of benzene rings is 1. The Morgan fingerprint density at radius 3 is 2.68 bits per heavy atom. The minimum absolute atomic E-state index is 0.280. The van der Waals surface area contributed by atoms with Gasteiger partial charge in [-0.05, 0) is 45.2 Å². The lowest BCUT2D eigenvalue weighted by molar-refractivity contribution is 0.227. The van der Waals surface area contributed by atoms with E-state index in [0.29, 0.717) is 12.5 Å². The van der Waals surface area contributed by atoms with Crippen molar-refractivity contribution in [3.63, 3.8) is 0 Å². The van der Waals surface area contributed by atoms with Gasteiger partial charge in [-0.2, -0.15) is 0 Å². The fraction of sp³-hybridized carbons (Fsp3) is 0.625. The molecule has 1 aromatic carbocycles. The first kappa shape index (κ1) is 16.0. The van der Waals surface area contributed by atoms with Gasteiger partial charge in [-0.3, -0.25) is 0 Å². The summed E-state index contributed by atoms with van der Waals surface area (Å²) in [5.74, 6) is 1.36. The van der Waals surface area contributed by atoms with Gasteiger partial charge in [0, 0.05) is 18.2 Å². The molecule has 3 heteroatoms. The summed E-state index contributed by atoms with van der Waals surface area (Å²) in [4.78, 5) is 0. The Hall–Kier alpha value is -1.06. The van der Waals surface area contributed by atoms with E-state index in [1.807, 2.05) is 25.1 Å². The molecule has 108 valence electrons. The summed E-state index contributed by atoms with van der Waals surface area (Å²) in [6.45, 7) is 8.18. The van der Waals surface area contributed by atoms with Gasteiger partial charge in [0.1, 0.15) is 5.75 Å². The van der Waals surface area contributed by atoms with E-state index in [1.165, 1.54) is 5.56 Å². The zero-order valence-corrected chi connectivity index (χ0v) is 12.4. The number of aliphatic hydroxyl groups excluding tert-OH is 1. The van der Waals surface area contributed by atoms with E-state index < -0.39 is 0 Å². The monoisotopic (exact) mass is 265 g/mol. The van der Waals surface area contributed by atoms with Gasteiger partial charge in [0.05, 0.1) is 6.61 Å². The zero-order valence-electron chi connectivity index (χ0n) is 12.4. The minimum atomic E-state index is 0.280. The second-order valence-corrected chi connectivity index (χ2v) is 5.08. The Balaban J connectivity index is 2.42. The Labute approximate surface area is 117 Å². The fourth-order valence-electron chi connectivity index (χ4n) is 2.10. The molecule has 0 fully saturated rings. The van der Waals surface area contributed by atoms with Crippen molar-refractivity contribution < 1.29 is 9.84 Å². The molecule has 0 saturated heterocycles. The average molecular weight is 265 g/mol. The van der Waals surface area contributed by atoms with Gasteiger partial charge >= 0.3 is 0 Å². The number of hydrogen-bond donors (Lipinski definition) is 2. The highest BCUT2D eigenvalue weighted by Gasteiger charge is 2.10. The molecule has 1 aromatic rings. The van der Waals surface area contributed by atoms with Crippen LogP contribution in [0.5, 0.6) is 5.75 Å². The molecule has 2 N–H and O–H groups in total. The predicted molar refractivity (Wildman–Crippen MR) is 79.5 cm³/mol. The summed E-state index contributed by atoms with van der Waals surface area (Å²) < 4.78 is 5.65. The molecule has 0 amide bonds. The van der Waals surface area contributed by atoms with Crippen molar-refractivity contribution in [3.8, 4) is 5.75 Å². The standard InChI is InChI=1S/C16H27NO2/c1-4-19-16-10-6-5-9-15(16)14(3)17-11-7-8-13(2)12-18/h5-6,9-10,13-14,17-18H,4,7-8,11-12H2,1-3H3. The maximum atomic E-state index is 8.98. The molecule has 0 aliphatic heterocycles. The molecule has 0 aromatic heterocycles. The smallest absolute Gasteiger partial charge is 0.124 e. The molecule has 2 unspecified atom stereocenters. The molecule has 0 radical (unpaired) electrons. The van der Waals surface area contributed by atoms with Crippen LogP contribution in [0.2, 0.25) is 0 Å². The van der Waals surface area contributed by atoms with Crippen LogP contribution >= 0.6 is 0 Å². The number of rotatable bonds is 9. The number of para-hydroxylation sites is 1. The summed E-state index contributed by atoms with van der Waals surface area (Å²) in [5.41, 5.74) is 1.21. The lowest BCUT2D eigenvalue weighted by atomic mass is 10.1. The highest BCUT2D eigenvalue weighted by Crippen LogP contribution is 2.24. The third-order valence-electron chi connectivity index (χ3n) is 3.32. The maximum Gasteiger partial charge on any atom is 0.124 e. The van der Waals surface area contributed by atoms with Crippen LogP contribution < -0.4 is 10.1 Å². The van der Waals surface area contributed by atoms with E-state index in [0.717, 1.165) is 25.1 Å². The van der Waals surface area contributed by atoms with Crippen LogP contribution in [-0.4, -0.2) is 24.9 Å². The van der Waals surface area contributed by atoms with Crippen molar-refractivity contribution in [2.24, 2.45) is 5.92 Å². The summed E-state index contributed by atoms with van der Waals surface area (Å²) in [7, 11) is 0. The van der Waals surface area contributed by atoms with Crippen LogP contribution in [0.3, 0.4) is 0 Å². The molecular weight excluding hydrogens is 238 g/mol. The molecule has 2 atom stereocenters. The van der Waals surface area contributed by atoms with E-state index in [-0.39, 0.29) is 12.6 Å². The van der Waals surface area contributed by atoms with Crippen molar-refractivity contribution >= 4 is 0 Å². The quantitative estimate of drug-likeness (QED) is 0.674.